The summed E-state index contributed by atoms with van der Waals surface area (Å²) < 4.78 is 26.2. The predicted octanol–water partition coefficient (Wildman–Crippen LogP) is 2.37. The summed E-state index contributed by atoms with van der Waals surface area (Å²) in [6.07, 6.45) is 4.69. The maximum atomic E-state index is 11.8. The monoisotopic (exact) mass is 314 g/mol. The van der Waals surface area contributed by atoms with Crippen molar-refractivity contribution in [1.82, 2.24) is 10.0 Å². The molecule has 1 atom stereocenters. The molecule has 4 nitrogen and oxygen atoms in total. The van der Waals surface area contributed by atoms with E-state index in [0.717, 1.165) is 24.9 Å². The van der Waals surface area contributed by atoms with Crippen LogP contribution in [0.2, 0.25) is 5.02 Å². The van der Waals surface area contributed by atoms with Gasteiger partial charge < -0.3 is 5.32 Å². The SMILES string of the molecule is O=S(=O)(/C=C/c1ccc(Cl)cc1)NCC[C@@H]1CCCN1. The van der Waals surface area contributed by atoms with Crippen molar-refractivity contribution in [2.75, 3.05) is 13.1 Å². The molecule has 0 amide bonds. The van der Waals surface area contributed by atoms with Crippen LogP contribution in [0.1, 0.15) is 24.8 Å². The van der Waals surface area contributed by atoms with Crippen molar-refractivity contribution < 1.29 is 8.42 Å². The molecule has 2 rings (SSSR count). The fraction of sp³-hybridized carbons (Fsp3) is 0.429. The molecule has 0 spiro atoms. The molecule has 1 aromatic carbocycles. The minimum Gasteiger partial charge on any atom is -0.314 e. The number of halogens is 1. The Labute approximate surface area is 125 Å². The second-order valence-electron chi connectivity index (χ2n) is 4.88. The molecule has 0 saturated carbocycles. The Morgan fingerprint density at radius 3 is 2.75 bits per heavy atom. The maximum absolute atomic E-state index is 11.8. The van der Waals surface area contributed by atoms with E-state index in [2.05, 4.69) is 10.0 Å². The lowest BCUT2D eigenvalue weighted by Gasteiger charge is -2.09. The first kappa shape index (κ1) is 15.5. The Hall–Kier alpha value is -0.880. The van der Waals surface area contributed by atoms with E-state index in [1.807, 2.05) is 0 Å². The van der Waals surface area contributed by atoms with E-state index in [0.29, 0.717) is 17.6 Å². The van der Waals surface area contributed by atoms with Gasteiger partial charge in [-0.05, 0) is 49.6 Å². The van der Waals surface area contributed by atoms with Gasteiger partial charge in [-0.1, -0.05) is 23.7 Å². The molecule has 0 aromatic heterocycles. The average molecular weight is 315 g/mol. The van der Waals surface area contributed by atoms with E-state index < -0.39 is 10.0 Å². The van der Waals surface area contributed by atoms with Crippen molar-refractivity contribution >= 4 is 27.7 Å². The highest BCUT2D eigenvalue weighted by atomic mass is 35.5. The Kier molecular flexibility index (Phi) is 5.60. The lowest BCUT2D eigenvalue weighted by molar-refractivity contribution is 0.543. The number of rotatable bonds is 6. The van der Waals surface area contributed by atoms with Crippen LogP contribution in [0.5, 0.6) is 0 Å². The van der Waals surface area contributed by atoms with Crippen LogP contribution in [0.25, 0.3) is 6.08 Å². The van der Waals surface area contributed by atoms with Gasteiger partial charge in [0.2, 0.25) is 10.0 Å². The van der Waals surface area contributed by atoms with Crippen molar-refractivity contribution in [1.29, 1.82) is 0 Å². The molecule has 110 valence electrons. The minimum atomic E-state index is -3.37. The third-order valence-electron chi connectivity index (χ3n) is 3.27. The number of hydrogen-bond acceptors (Lipinski definition) is 3. The van der Waals surface area contributed by atoms with Crippen molar-refractivity contribution in [3.8, 4) is 0 Å². The normalized spacial score (nSPS) is 19.8. The molecule has 0 bridgehead atoms. The van der Waals surface area contributed by atoms with Crippen molar-refractivity contribution in [3.05, 3.63) is 40.3 Å². The maximum Gasteiger partial charge on any atom is 0.233 e. The summed E-state index contributed by atoms with van der Waals surface area (Å²) in [5.74, 6) is 0. The van der Waals surface area contributed by atoms with Crippen LogP contribution in [0.3, 0.4) is 0 Å². The van der Waals surface area contributed by atoms with E-state index in [9.17, 15) is 8.42 Å². The summed E-state index contributed by atoms with van der Waals surface area (Å²) in [5, 5.41) is 5.17. The van der Waals surface area contributed by atoms with Crippen LogP contribution in [0.15, 0.2) is 29.7 Å². The molecular weight excluding hydrogens is 296 g/mol. The molecule has 2 N–H and O–H groups in total. The van der Waals surface area contributed by atoms with Crippen molar-refractivity contribution in [3.63, 3.8) is 0 Å². The molecule has 1 aromatic rings. The minimum absolute atomic E-state index is 0.443. The highest BCUT2D eigenvalue weighted by Gasteiger charge is 2.14. The van der Waals surface area contributed by atoms with Gasteiger partial charge in [-0.3, -0.25) is 0 Å². The third-order valence-corrected chi connectivity index (χ3v) is 4.62. The predicted molar refractivity (Wildman–Crippen MR) is 83.1 cm³/mol. The highest BCUT2D eigenvalue weighted by molar-refractivity contribution is 7.92. The van der Waals surface area contributed by atoms with E-state index in [-0.39, 0.29) is 0 Å². The smallest absolute Gasteiger partial charge is 0.233 e. The molecule has 1 saturated heterocycles. The lowest BCUT2D eigenvalue weighted by atomic mass is 10.2. The van der Waals surface area contributed by atoms with Crippen molar-refractivity contribution in [2.24, 2.45) is 0 Å². The van der Waals surface area contributed by atoms with Gasteiger partial charge in [-0.25, -0.2) is 13.1 Å². The molecule has 6 heteroatoms. The molecule has 1 aliphatic rings. The van der Waals surface area contributed by atoms with E-state index in [1.54, 1.807) is 30.3 Å². The first-order valence-electron chi connectivity index (χ1n) is 6.72. The molecule has 0 aliphatic carbocycles. The lowest BCUT2D eigenvalue weighted by Crippen LogP contribution is -2.29. The largest absolute Gasteiger partial charge is 0.314 e. The summed E-state index contributed by atoms with van der Waals surface area (Å²) in [4.78, 5) is 0. The van der Waals surface area contributed by atoms with Gasteiger partial charge in [0.25, 0.3) is 0 Å². The molecule has 1 fully saturated rings. The number of sulfonamides is 1. The van der Waals surface area contributed by atoms with Gasteiger partial charge in [0, 0.05) is 23.0 Å². The third kappa shape index (κ3) is 5.25. The van der Waals surface area contributed by atoms with Crippen LogP contribution in [0.4, 0.5) is 0 Å². The average Bonchev–Trinajstić information content (AvgIpc) is 2.91. The summed E-state index contributed by atoms with van der Waals surface area (Å²) in [5.41, 5.74) is 0.803. The summed E-state index contributed by atoms with van der Waals surface area (Å²) in [7, 11) is -3.37. The summed E-state index contributed by atoms with van der Waals surface area (Å²) in [6.45, 7) is 1.50. The second-order valence-corrected chi connectivity index (χ2v) is 6.96. The fourth-order valence-electron chi connectivity index (χ4n) is 2.17. The van der Waals surface area contributed by atoms with Gasteiger partial charge in [0.05, 0.1) is 0 Å². The number of nitrogens with one attached hydrogen (secondary N) is 2. The van der Waals surface area contributed by atoms with Crippen LogP contribution in [-0.4, -0.2) is 27.5 Å². The van der Waals surface area contributed by atoms with Crippen LogP contribution < -0.4 is 10.0 Å². The summed E-state index contributed by atoms with van der Waals surface area (Å²) in [6, 6.07) is 7.45. The first-order valence-corrected chi connectivity index (χ1v) is 8.64. The Bertz CT molecular complexity index is 549. The van der Waals surface area contributed by atoms with Crippen molar-refractivity contribution in [2.45, 2.75) is 25.3 Å². The van der Waals surface area contributed by atoms with Gasteiger partial charge in [0.1, 0.15) is 0 Å². The topological polar surface area (TPSA) is 58.2 Å². The molecule has 20 heavy (non-hydrogen) atoms. The van der Waals surface area contributed by atoms with Crippen LogP contribution in [0, 0.1) is 0 Å². The van der Waals surface area contributed by atoms with Gasteiger partial charge >= 0.3 is 0 Å². The fourth-order valence-corrected chi connectivity index (χ4v) is 3.13. The van der Waals surface area contributed by atoms with Gasteiger partial charge in [-0.15, -0.1) is 0 Å². The molecule has 0 radical (unpaired) electrons. The van der Waals surface area contributed by atoms with E-state index in [4.69, 9.17) is 11.6 Å². The zero-order chi connectivity index (χ0) is 14.4. The molecule has 0 unspecified atom stereocenters. The van der Waals surface area contributed by atoms with Crippen LogP contribution >= 0.6 is 11.6 Å². The standard InChI is InChI=1S/C14H19ClN2O2S/c15-13-5-3-12(4-6-13)8-11-20(18,19)17-10-7-14-2-1-9-16-14/h3-6,8,11,14,16-17H,1-2,7,9-10H2/b11-8+/t14-/m0/s1. The number of hydrogen-bond donors (Lipinski definition) is 2. The van der Waals surface area contributed by atoms with E-state index >= 15 is 0 Å². The molecule has 1 heterocycles. The Morgan fingerprint density at radius 1 is 1.35 bits per heavy atom. The van der Waals surface area contributed by atoms with Gasteiger partial charge in [-0.2, -0.15) is 0 Å². The highest BCUT2D eigenvalue weighted by Crippen LogP contribution is 2.11. The zero-order valence-electron chi connectivity index (χ0n) is 11.2. The Morgan fingerprint density at radius 2 is 2.10 bits per heavy atom. The van der Waals surface area contributed by atoms with Gasteiger partial charge in [0.15, 0.2) is 0 Å². The quantitative estimate of drug-likeness (QED) is 0.847. The number of benzene rings is 1. The van der Waals surface area contributed by atoms with Crippen LogP contribution in [-0.2, 0) is 10.0 Å². The second kappa shape index (κ2) is 7.22. The zero-order valence-corrected chi connectivity index (χ0v) is 12.8. The Balaban J connectivity index is 1.81. The first-order chi connectivity index (χ1) is 9.55. The summed E-state index contributed by atoms with van der Waals surface area (Å²) >= 11 is 5.77. The van der Waals surface area contributed by atoms with E-state index in [1.165, 1.54) is 11.8 Å². The molecular formula is C14H19ClN2O2S. The molecule has 1 aliphatic heterocycles.